The summed E-state index contributed by atoms with van der Waals surface area (Å²) in [5.74, 6) is -1.46. The fourth-order valence-corrected chi connectivity index (χ4v) is 3.89. The Hall–Kier alpha value is -4.34. The summed E-state index contributed by atoms with van der Waals surface area (Å²) in [5.41, 5.74) is 2.23. The maximum atomic E-state index is 14.2. The van der Waals surface area contributed by atoms with Crippen LogP contribution in [-0.4, -0.2) is 68.4 Å². The van der Waals surface area contributed by atoms with Crippen LogP contribution in [0.15, 0.2) is 60.9 Å². The van der Waals surface area contributed by atoms with Crippen molar-refractivity contribution in [2.45, 2.75) is 13.8 Å². The number of hydrogen-bond donors (Lipinski definition) is 0. The number of benzene rings is 2. The number of carbonyl (C=O) groups excluding carboxylic acids is 2. The lowest BCUT2D eigenvalue weighted by Crippen LogP contribution is -2.37. The molecule has 4 rings (SSSR count). The number of nitrogens with zero attached hydrogens (tertiary/aromatic N) is 6. The lowest BCUT2D eigenvalue weighted by atomic mass is 10.2. The van der Waals surface area contributed by atoms with Gasteiger partial charge in [-0.1, -0.05) is 24.3 Å². The van der Waals surface area contributed by atoms with Gasteiger partial charge in [0.25, 0.3) is 11.8 Å². The molecule has 0 aliphatic rings. The predicted molar refractivity (Wildman–Crippen MR) is 130 cm³/mol. The van der Waals surface area contributed by atoms with E-state index in [4.69, 9.17) is 0 Å². The third-order valence-corrected chi connectivity index (χ3v) is 6.11. The van der Waals surface area contributed by atoms with Crippen LogP contribution in [0.25, 0.3) is 11.4 Å². The molecule has 0 saturated carbocycles. The zero-order valence-electron chi connectivity index (χ0n) is 20.4. The van der Waals surface area contributed by atoms with Crippen molar-refractivity contribution in [3.8, 4) is 11.4 Å². The van der Waals surface area contributed by atoms with Crippen LogP contribution < -0.4 is 0 Å². The Bertz CT molecular complexity index is 1320. The molecule has 8 nitrogen and oxygen atoms in total. The highest BCUT2D eigenvalue weighted by Crippen LogP contribution is 2.19. The Labute approximate surface area is 207 Å². The molecule has 0 spiro atoms. The van der Waals surface area contributed by atoms with Crippen molar-refractivity contribution in [2.24, 2.45) is 0 Å². The molecule has 0 saturated heterocycles. The second-order valence-electron chi connectivity index (χ2n) is 8.47. The van der Waals surface area contributed by atoms with Gasteiger partial charge in [0.1, 0.15) is 23.0 Å². The highest BCUT2D eigenvalue weighted by atomic mass is 19.1. The van der Waals surface area contributed by atoms with Crippen LogP contribution in [0.1, 0.15) is 32.1 Å². The first kappa shape index (κ1) is 24.8. The van der Waals surface area contributed by atoms with Crippen LogP contribution in [0.5, 0.6) is 0 Å². The molecule has 36 heavy (non-hydrogen) atoms. The van der Waals surface area contributed by atoms with E-state index < -0.39 is 11.6 Å². The van der Waals surface area contributed by atoms with Gasteiger partial charge in [-0.2, -0.15) is 10.2 Å². The van der Waals surface area contributed by atoms with E-state index in [1.807, 2.05) is 0 Å². The summed E-state index contributed by atoms with van der Waals surface area (Å²) in [6, 6.07) is 12.4. The molecule has 0 bridgehead atoms. The first-order chi connectivity index (χ1) is 17.2. The van der Waals surface area contributed by atoms with Crippen molar-refractivity contribution in [3.05, 3.63) is 95.1 Å². The molecule has 0 radical (unpaired) electrons. The summed E-state index contributed by atoms with van der Waals surface area (Å²) in [6.45, 7) is 3.91. The number of rotatable bonds is 7. The molecular formula is C26H26F2N6O2. The molecule has 0 atom stereocenters. The molecular weight excluding hydrogens is 466 g/mol. The molecule has 10 heteroatoms. The predicted octanol–water partition coefficient (Wildman–Crippen LogP) is 3.80. The number of para-hydroxylation sites is 2. The van der Waals surface area contributed by atoms with Gasteiger partial charge in [-0.15, -0.1) is 0 Å². The van der Waals surface area contributed by atoms with Crippen LogP contribution in [0, 0.1) is 25.5 Å². The third-order valence-electron chi connectivity index (χ3n) is 6.11. The van der Waals surface area contributed by atoms with Crippen molar-refractivity contribution < 1.29 is 18.4 Å². The van der Waals surface area contributed by atoms with Crippen molar-refractivity contribution in [2.75, 3.05) is 27.2 Å². The van der Waals surface area contributed by atoms with E-state index in [0.29, 0.717) is 22.5 Å². The topological polar surface area (TPSA) is 76.3 Å². The van der Waals surface area contributed by atoms with Crippen LogP contribution in [0.3, 0.4) is 0 Å². The van der Waals surface area contributed by atoms with E-state index in [1.165, 1.54) is 43.7 Å². The Balaban J connectivity index is 1.42. The summed E-state index contributed by atoms with van der Waals surface area (Å²) in [5, 5.41) is 8.37. The fraction of sp³-hybridized carbons (Fsp3) is 0.231. The molecule has 0 fully saturated rings. The minimum atomic E-state index is -0.440. The van der Waals surface area contributed by atoms with E-state index in [2.05, 4.69) is 10.2 Å². The zero-order chi connectivity index (χ0) is 26.0. The lowest BCUT2D eigenvalue weighted by molar-refractivity contribution is 0.0718. The maximum absolute atomic E-state index is 14.2. The smallest absolute Gasteiger partial charge is 0.257 e. The first-order valence-corrected chi connectivity index (χ1v) is 11.3. The SMILES string of the molecule is Cc1c(C(=O)N(C)CCN(C)C(=O)c2cnn(-c3ccccc3F)c2C)cnn1-c1ccccc1F. The summed E-state index contributed by atoms with van der Waals surface area (Å²) in [6.07, 6.45) is 2.83. The van der Waals surface area contributed by atoms with E-state index in [0.717, 1.165) is 0 Å². The lowest BCUT2D eigenvalue weighted by Gasteiger charge is -2.22. The van der Waals surface area contributed by atoms with Gasteiger partial charge in [0.2, 0.25) is 0 Å². The van der Waals surface area contributed by atoms with Gasteiger partial charge in [0.15, 0.2) is 0 Å². The Morgan fingerprint density at radius 3 is 1.44 bits per heavy atom. The standard InChI is InChI=1S/C26H26F2N6O2/c1-17-19(15-29-33(17)23-11-7-5-9-21(23)27)25(35)31(3)13-14-32(4)26(36)20-16-30-34(18(20)2)24-12-8-6-10-22(24)28/h5-12,15-16H,13-14H2,1-4H3. The minimum absolute atomic E-state index is 0.256. The van der Waals surface area contributed by atoms with Gasteiger partial charge >= 0.3 is 0 Å². The van der Waals surface area contributed by atoms with Gasteiger partial charge < -0.3 is 9.80 Å². The van der Waals surface area contributed by atoms with Crippen LogP contribution in [-0.2, 0) is 0 Å². The van der Waals surface area contributed by atoms with E-state index in [1.54, 1.807) is 64.3 Å². The molecule has 0 N–H and O–H groups in total. The molecule has 4 aromatic rings. The number of carbonyl (C=O) groups is 2. The first-order valence-electron chi connectivity index (χ1n) is 11.3. The van der Waals surface area contributed by atoms with E-state index in [9.17, 15) is 18.4 Å². The quantitative estimate of drug-likeness (QED) is 0.393. The minimum Gasteiger partial charge on any atom is -0.340 e. The summed E-state index contributed by atoms with van der Waals surface area (Å²) in [7, 11) is 3.25. The number of amides is 2. The molecule has 0 aliphatic heterocycles. The van der Waals surface area contributed by atoms with Crippen LogP contribution in [0.2, 0.25) is 0 Å². The van der Waals surface area contributed by atoms with E-state index in [-0.39, 0.29) is 36.3 Å². The third kappa shape index (κ3) is 4.61. The van der Waals surface area contributed by atoms with E-state index >= 15 is 0 Å². The Morgan fingerprint density at radius 1 is 0.722 bits per heavy atom. The molecule has 2 heterocycles. The van der Waals surface area contributed by atoms with Gasteiger partial charge in [-0.3, -0.25) is 9.59 Å². The largest absolute Gasteiger partial charge is 0.340 e. The van der Waals surface area contributed by atoms with Crippen molar-refractivity contribution in [1.29, 1.82) is 0 Å². The number of halogens is 2. The van der Waals surface area contributed by atoms with Gasteiger partial charge in [0.05, 0.1) is 34.9 Å². The summed E-state index contributed by atoms with van der Waals surface area (Å²) >= 11 is 0. The van der Waals surface area contributed by atoms with Crippen LogP contribution in [0.4, 0.5) is 8.78 Å². The zero-order valence-corrected chi connectivity index (χ0v) is 20.4. The fourth-order valence-electron chi connectivity index (χ4n) is 3.89. The number of hydrogen-bond acceptors (Lipinski definition) is 4. The summed E-state index contributed by atoms with van der Waals surface area (Å²) < 4.78 is 31.1. The number of likely N-dealkylation sites (N-methyl/N-ethyl adjacent to an activating group) is 2. The Morgan fingerprint density at radius 2 is 1.08 bits per heavy atom. The molecule has 0 unspecified atom stereocenters. The molecule has 2 aromatic heterocycles. The average molecular weight is 493 g/mol. The number of aromatic nitrogens is 4. The van der Waals surface area contributed by atoms with Crippen molar-refractivity contribution >= 4 is 11.8 Å². The molecule has 186 valence electrons. The highest BCUT2D eigenvalue weighted by Gasteiger charge is 2.23. The summed E-state index contributed by atoms with van der Waals surface area (Å²) in [4.78, 5) is 29.0. The second kappa shape index (κ2) is 10.1. The molecule has 0 aliphatic carbocycles. The highest BCUT2D eigenvalue weighted by molar-refractivity contribution is 5.96. The monoisotopic (exact) mass is 492 g/mol. The van der Waals surface area contributed by atoms with Gasteiger partial charge in [0, 0.05) is 27.2 Å². The van der Waals surface area contributed by atoms with Gasteiger partial charge in [-0.25, -0.2) is 18.1 Å². The van der Waals surface area contributed by atoms with Crippen molar-refractivity contribution in [3.63, 3.8) is 0 Å². The average Bonchev–Trinajstić information content (AvgIpc) is 3.44. The van der Waals surface area contributed by atoms with Gasteiger partial charge in [-0.05, 0) is 38.1 Å². The molecule has 2 amide bonds. The van der Waals surface area contributed by atoms with Crippen LogP contribution >= 0.6 is 0 Å². The second-order valence-corrected chi connectivity index (χ2v) is 8.47. The Kier molecular flexibility index (Phi) is 6.96. The van der Waals surface area contributed by atoms with Crippen molar-refractivity contribution in [1.82, 2.24) is 29.4 Å². The maximum Gasteiger partial charge on any atom is 0.257 e. The normalized spacial score (nSPS) is 10.9. The molecule has 2 aromatic carbocycles.